The zero-order valence-electron chi connectivity index (χ0n) is 12.7. The lowest BCUT2D eigenvalue weighted by Gasteiger charge is -2.07. The second kappa shape index (κ2) is 6.78. The number of benzene rings is 1. The number of alkyl halides is 3. The number of hydrogen-bond acceptors (Lipinski definition) is 2. The normalized spacial score (nSPS) is 12.2. The Morgan fingerprint density at radius 1 is 1.12 bits per heavy atom. The van der Waals surface area contributed by atoms with Crippen LogP contribution in [0.15, 0.2) is 30.3 Å². The highest BCUT2D eigenvalue weighted by Gasteiger charge is 2.31. The van der Waals surface area contributed by atoms with Crippen molar-refractivity contribution in [3.63, 3.8) is 0 Å². The van der Waals surface area contributed by atoms with E-state index >= 15 is 0 Å². The van der Waals surface area contributed by atoms with E-state index in [-0.39, 0.29) is 0 Å². The second-order valence-electron chi connectivity index (χ2n) is 5.59. The summed E-state index contributed by atoms with van der Waals surface area (Å²) in [5, 5.41) is 0.612. The van der Waals surface area contributed by atoms with Gasteiger partial charge in [0.25, 0.3) is 0 Å². The number of fused-ring (bicyclic) bond motifs is 1. The van der Waals surface area contributed by atoms with Gasteiger partial charge in [0, 0.05) is 10.9 Å². The van der Waals surface area contributed by atoms with Crippen LogP contribution in [-0.2, 0) is 12.6 Å². The summed E-state index contributed by atoms with van der Waals surface area (Å²) < 4.78 is 39.8. The summed E-state index contributed by atoms with van der Waals surface area (Å²) in [6, 6.07) is 7.49. The van der Waals surface area contributed by atoms with E-state index in [9.17, 15) is 13.2 Å². The quantitative estimate of drug-likeness (QED) is 0.542. The molecule has 2 heterocycles. The van der Waals surface area contributed by atoms with Crippen LogP contribution in [0.1, 0.15) is 24.0 Å². The molecule has 0 aliphatic heterocycles. The molecule has 0 fully saturated rings. The van der Waals surface area contributed by atoms with Crippen molar-refractivity contribution in [2.24, 2.45) is 5.73 Å². The standard InChI is InChI=1S/C17H16ClF3N2S/c18-15-7-6-14(24-15)16-11(3-1-2-8-22)12-9-10(17(19,20)21)4-5-13(12)23-16/h4-7,9,23H,1-3,8,22H2. The van der Waals surface area contributed by atoms with Crippen molar-refractivity contribution in [3.8, 4) is 10.6 Å². The molecule has 128 valence electrons. The van der Waals surface area contributed by atoms with Gasteiger partial charge in [-0.3, -0.25) is 0 Å². The highest BCUT2D eigenvalue weighted by atomic mass is 35.5. The van der Waals surface area contributed by atoms with Gasteiger partial charge in [0.15, 0.2) is 0 Å². The van der Waals surface area contributed by atoms with E-state index in [1.54, 1.807) is 6.07 Å². The van der Waals surface area contributed by atoms with Crippen LogP contribution in [0.5, 0.6) is 0 Å². The van der Waals surface area contributed by atoms with Crippen LogP contribution >= 0.6 is 22.9 Å². The van der Waals surface area contributed by atoms with Crippen molar-refractivity contribution in [2.45, 2.75) is 25.4 Å². The first-order valence-corrected chi connectivity index (χ1v) is 8.77. The summed E-state index contributed by atoms with van der Waals surface area (Å²) in [6.45, 7) is 0.566. The van der Waals surface area contributed by atoms with Crippen LogP contribution in [0.3, 0.4) is 0 Å². The number of nitrogens with two attached hydrogens (primary N) is 1. The molecule has 0 aliphatic carbocycles. The number of aromatic nitrogens is 1. The summed E-state index contributed by atoms with van der Waals surface area (Å²) in [7, 11) is 0. The molecule has 0 radical (unpaired) electrons. The predicted octanol–water partition coefficient (Wildman–Crippen LogP) is 5.85. The lowest BCUT2D eigenvalue weighted by atomic mass is 10.0. The number of unbranched alkanes of at least 4 members (excludes halogenated alkanes) is 1. The van der Waals surface area contributed by atoms with Gasteiger partial charge < -0.3 is 10.7 Å². The van der Waals surface area contributed by atoms with Gasteiger partial charge in [-0.15, -0.1) is 11.3 Å². The van der Waals surface area contributed by atoms with Gasteiger partial charge in [0.2, 0.25) is 0 Å². The number of nitrogens with one attached hydrogen (secondary N) is 1. The Kier molecular flexibility index (Phi) is 4.90. The third-order valence-corrected chi connectivity index (χ3v) is 5.18. The summed E-state index contributed by atoms with van der Waals surface area (Å²) >= 11 is 7.42. The Morgan fingerprint density at radius 2 is 1.92 bits per heavy atom. The van der Waals surface area contributed by atoms with Crippen molar-refractivity contribution >= 4 is 33.8 Å². The van der Waals surface area contributed by atoms with E-state index in [1.807, 2.05) is 6.07 Å². The summed E-state index contributed by atoms with van der Waals surface area (Å²) in [6.07, 6.45) is -2.03. The van der Waals surface area contributed by atoms with E-state index in [1.165, 1.54) is 23.5 Å². The van der Waals surface area contributed by atoms with Crippen LogP contribution in [0.4, 0.5) is 13.2 Å². The molecule has 0 atom stereocenters. The minimum absolute atomic E-state index is 0.566. The van der Waals surface area contributed by atoms with Crippen LogP contribution in [0, 0.1) is 0 Å². The Labute approximate surface area is 146 Å². The van der Waals surface area contributed by atoms with Crippen LogP contribution in [0.2, 0.25) is 4.34 Å². The molecule has 24 heavy (non-hydrogen) atoms. The van der Waals surface area contributed by atoms with Crippen LogP contribution in [0.25, 0.3) is 21.5 Å². The van der Waals surface area contributed by atoms with E-state index in [4.69, 9.17) is 17.3 Å². The first-order valence-electron chi connectivity index (χ1n) is 7.57. The molecule has 3 N–H and O–H groups in total. The molecule has 0 aliphatic rings. The Hall–Kier alpha value is -1.50. The lowest BCUT2D eigenvalue weighted by Crippen LogP contribution is -2.04. The molecule has 2 nitrogen and oxygen atoms in total. The molecule has 3 rings (SSSR count). The third kappa shape index (κ3) is 3.45. The van der Waals surface area contributed by atoms with E-state index in [2.05, 4.69) is 4.98 Å². The molecular weight excluding hydrogens is 357 g/mol. The van der Waals surface area contributed by atoms with Gasteiger partial charge in [-0.25, -0.2) is 0 Å². The fourth-order valence-corrected chi connectivity index (χ4v) is 3.86. The van der Waals surface area contributed by atoms with Crippen molar-refractivity contribution in [2.75, 3.05) is 6.54 Å². The monoisotopic (exact) mass is 372 g/mol. The smallest absolute Gasteiger partial charge is 0.354 e. The van der Waals surface area contributed by atoms with E-state index < -0.39 is 11.7 Å². The predicted molar refractivity (Wildman–Crippen MR) is 93.6 cm³/mol. The van der Waals surface area contributed by atoms with Crippen LogP contribution in [-0.4, -0.2) is 11.5 Å². The summed E-state index contributed by atoms with van der Waals surface area (Å²) in [5.74, 6) is 0. The maximum Gasteiger partial charge on any atom is 0.416 e. The fraction of sp³-hybridized carbons (Fsp3) is 0.294. The molecule has 2 aromatic heterocycles. The molecule has 0 spiro atoms. The first kappa shape index (κ1) is 17.3. The minimum Gasteiger partial charge on any atom is -0.354 e. The van der Waals surface area contributed by atoms with Gasteiger partial charge in [0.05, 0.1) is 20.5 Å². The van der Waals surface area contributed by atoms with Gasteiger partial charge in [0.1, 0.15) is 0 Å². The molecule has 0 saturated carbocycles. The molecule has 0 unspecified atom stereocenters. The third-order valence-electron chi connectivity index (χ3n) is 3.93. The zero-order valence-corrected chi connectivity index (χ0v) is 14.3. The number of hydrogen-bond donors (Lipinski definition) is 2. The van der Waals surface area contributed by atoms with Gasteiger partial charge in [-0.05, 0) is 61.7 Å². The zero-order chi connectivity index (χ0) is 17.3. The summed E-state index contributed by atoms with van der Waals surface area (Å²) in [4.78, 5) is 4.18. The number of thiophene rings is 1. The number of halogens is 4. The van der Waals surface area contributed by atoms with Crippen LogP contribution < -0.4 is 5.73 Å². The Bertz CT molecular complexity index is 851. The van der Waals surface area contributed by atoms with Gasteiger partial charge in [-0.2, -0.15) is 13.2 Å². The highest BCUT2D eigenvalue weighted by molar-refractivity contribution is 7.19. The first-order chi connectivity index (χ1) is 11.4. The Balaban J connectivity index is 2.14. The van der Waals surface area contributed by atoms with E-state index in [0.717, 1.165) is 35.0 Å². The SMILES string of the molecule is NCCCCc1c(-c2ccc(Cl)s2)[nH]c2ccc(C(F)(F)F)cc12. The van der Waals surface area contributed by atoms with Crippen molar-refractivity contribution < 1.29 is 13.2 Å². The lowest BCUT2D eigenvalue weighted by molar-refractivity contribution is -0.137. The van der Waals surface area contributed by atoms with Crippen molar-refractivity contribution in [1.29, 1.82) is 0 Å². The minimum atomic E-state index is -4.35. The van der Waals surface area contributed by atoms with E-state index in [0.29, 0.717) is 28.2 Å². The molecule has 7 heteroatoms. The molecular formula is C17H16ClF3N2S. The molecule has 1 aromatic carbocycles. The topological polar surface area (TPSA) is 41.8 Å². The number of rotatable bonds is 5. The van der Waals surface area contributed by atoms with Crippen molar-refractivity contribution in [3.05, 3.63) is 45.8 Å². The van der Waals surface area contributed by atoms with Crippen molar-refractivity contribution in [1.82, 2.24) is 4.98 Å². The maximum absolute atomic E-state index is 13.0. The van der Waals surface area contributed by atoms with Gasteiger partial charge >= 0.3 is 6.18 Å². The van der Waals surface area contributed by atoms with Gasteiger partial charge in [-0.1, -0.05) is 11.6 Å². The summed E-state index contributed by atoms with van der Waals surface area (Å²) in [5.41, 5.74) is 7.34. The number of aryl methyl sites for hydroxylation is 1. The molecule has 0 saturated heterocycles. The Morgan fingerprint density at radius 3 is 2.54 bits per heavy atom. The molecule has 3 aromatic rings. The average Bonchev–Trinajstić information content (AvgIpc) is 3.10. The fourth-order valence-electron chi connectivity index (χ4n) is 2.79. The maximum atomic E-state index is 13.0. The average molecular weight is 373 g/mol. The number of H-pyrrole nitrogens is 1. The molecule has 0 bridgehead atoms. The largest absolute Gasteiger partial charge is 0.416 e. The second-order valence-corrected chi connectivity index (χ2v) is 7.30. The highest BCUT2D eigenvalue weighted by Crippen LogP contribution is 2.39. The number of aromatic amines is 1. The molecule has 0 amide bonds.